The van der Waals surface area contributed by atoms with Gasteiger partial charge in [0.15, 0.2) is 5.69 Å². The van der Waals surface area contributed by atoms with Crippen molar-refractivity contribution in [1.29, 1.82) is 0 Å². The number of anilines is 1. The number of halogens is 2. The molecular weight excluding hydrogens is 311 g/mol. The molecule has 6 nitrogen and oxygen atoms in total. The van der Waals surface area contributed by atoms with E-state index in [0.29, 0.717) is 5.69 Å². The fourth-order valence-corrected chi connectivity index (χ4v) is 2.18. The average molecular weight is 321 g/mol. The fourth-order valence-electron chi connectivity index (χ4n) is 2.01. The van der Waals surface area contributed by atoms with Crippen LogP contribution in [0.5, 0.6) is 0 Å². The predicted octanol–water partition coefficient (Wildman–Crippen LogP) is 2.38. The van der Waals surface area contributed by atoms with E-state index in [2.05, 4.69) is 15.4 Å². The van der Waals surface area contributed by atoms with Crippen LogP contribution in [-0.2, 0) is 0 Å². The third kappa shape index (κ3) is 2.58. The van der Waals surface area contributed by atoms with Crippen molar-refractivity contribution in [3.63, 3.8) is 0 Å². The van der Waals surface area contributed by atoms with Crippen LogP contribution in [0.2, 0.25) is 5.02 Å². The van der Waals surface area contributed by atoms with Crippen LogP contribution >= 0.6 is 11.6 Å². The van der Waals surface area contributed by atoms with Gasteiger partial charge in [-0.1, -0.05) is 11.6 Å². The lowest BCUT2D eigenvalue weighted by molar-refractivity contribution is 0.102. The second-order valence-electron chi connectivity index (χ2n) is 4.70. The molecule has 8 heteroatoms. The Hall–Kier alpha value is -2.67. The van der Waals surface area contributed by atoms with Crippen LogP contribution in [-0.4, -0.2) is 20.5 Å². The summed E-state index contributed by atoms with van der Waals surface area (Å²) in [5.74, 6) is -1.12. The number of amides is 1. The lowest BCUT2D eigenvalue weighted by Crippen LogP contribution is -2.13. The molecule has 0 bridgehead atoms. The molecule has 0 aliphatic rings. The summed E-state index contributed by atoms with van der Waals surface area (Å²) in [6.45, 7) is 1.70. The molecule has 0 atom stereocenters. The Morgan fingerprint density at radius 3 is 2.95 bits per heavy atom. The Balaban J connectivity index is 1.97. The molecule has 2 N–H and O–H groups in total. The van der Waals surface area contributed by atoms with E-state index in [1.54, 1.807) is 13.1 Å². The number of nitrogens with one attached hydrogen (secondary N) is 2. The lowest BCUT2D eigenvalue weighted by atomic mass is 10.3. The monoisotopic (exact) mass is 320 g/mol. The van der Waals surface area contributed by atoms with Crippen molar-refractivity contribution in [2.24, 2.45) is 0 Å². The van der Waals surface area contributed by atoms with Gasteiger partial charge in [-0.05, 0) is 25.1 Å². The standard InChI is InChI=1S/C14H10ClFN4O2/c1-7-6-20-12(14(22)17-7)5-11(19-20)13(21)18-10-4-8(16)2-3-9(10)15/h2-6H,1H3,(H,17,22)(H,18,21). The Labute approximate surface area is 128 Å². The highest BCUT2D eigenvalue weighted by molar-refractivity contribution is 6.33. The molecule has 0 unspecified atom stereocenters. The number of aromatic nitrogens is 3. The number of carbonyl (C=O) groups is 1. The number of rotatable bonds is 2. The zero-order valence-corrected chi connectivity index (χ0v) is 12.1. The molecular formula is C14H10ClFN4O2. The number of aryl methyl sites for hydroxylation is 1. The third-order valence-corrected chi connectivity index (χ3v) is 3.33. The Morgan fingerprint density at radius 1 is 1.41 bits per heavy atom. The number of carbonyl (C=O) groups excluding carboxylic acids is 1. The first kappa shape index (κ1) is 14.3. The highest BCUT2D eigenvalue weighted by atomic mass is 35.5. The van der Waals surface area contributed by atoms with Crippen LogP contribution in [0.1, 0.15) is 16.2 Å². The fraction of sp³-hybridized carbons (Fsp3) is 0.0714. The molecule has 0 saturated carbocycles. The first-order chi connectivity index (χ1) is 10.4. The molecule has 2 aromatic heterocycles. The summed E-state index contributed by atoms with van der Waals surface area (Å²) in [5, 5.41) is 6.69. The van der Waals surface area contributed by atoms with Gasteiger partial charge in [-0.3, -0.25) is 9.59 Å². The minimum Gasteiger partial charge on any atom is -0.323 e. The largest absolute Gasteiger partial charge is 0.323 e. The van der Waals surface area contributed by atoms with E-state index < -0.39 is 11.7 Å². The number of fused-ring (bicyclic) bond motifs is 1. The van der Waals surface area contributed by atoms with Gasteiger partial charge in [0.1, 0.15) is 11.3 Å². The molecule has 0 aliphatic heterocycles. The number of H-pyrrole nitrogens is 1. The first-order valence-corrected chi connectivity index (χ1v) is 6.67. The molecule has 3 rings (SSSR count). The molecule has 0 saturated heterocycles. The minimum absolute atomic E-state index is 0.0245. The summed E-state index contributed by atoms with van der Waals surface area (Å²) in [5.41, 5.74) is 0.655. The highest BCUT2D eigenvalue weighted by Gasteiger charge is 2.14. The molecule has 22 heavy (non-hydrogen) atoms. The number of hydrogen-bond donors (Lipinski definition) is 2. The number of aromatic amines is 1. The van der Waals surface area contributed by atoms with Crippen molar-refractivity contribution < 1.29 is 9.18 Å². The summed E-state index contributed by atoms with van der Waals surface area (Å²) < 4.78 is 14.5. The third-order valence-electron chi connectivity index (χ3n) is 3.00. The summed E-state index contributed by atoms with van der Waals surface area (Å²) in [7, 11) is 0. The normalized spacial score (nSPS) is 10.9. The number of benzene rings is 1. The van der Waals surface area contributed by atoms with E-state index in [1.807, 2.05) is 0 Å². The summed E-state index contributed by atoms with van der Waals surface area (Å²) in [6, 6.07) is 4.98. The first-order valence-electron chi connectivity index (χ1n) is 6.30. The van der Waals surface area contributed by atoms with Crippen molar-refractivity contribution in [2.45, 2.75) is 6.92 Å². The molecule has 0 aliphatic carbocycles. The van der Waals surface area contributed by atoms with E-state index in [0.717, 1.165) is 6.07 Å². The van der Waals surface area contributed by atoms with Gasteiger partial charge in [0, 0.05) is 18.0 Å². The zero-order chi connectivity index (χ0) is 15.9. The average Bonchev–Trinajstić information content (AvgIpc) is 2.87. The molecule has 0 radical (unpaired) electrons. The lowest BCUT2D eigenvalue weighted by Gasteiger charge is -2.05. The van der Waals surface area contributed by atoms with Crippen LogP contribution in [0.4, 0.5) is 10.1 Å². The predicted molar refractivity (Wildman–Crippen MR) is 79.9 cm³/mol. The topological polar surface area (TPSA) is 79.3 Å². The Morgan fingerprint density at radius 2 is 2.18 bits per heavy atom. The van der Waals surface area contributed by atoms with Crippen molar-refractivity contribution >= 4 is 28.7 Å². The SMILES string of the molecule is Cc1cn2nc(C(=O)Nc3cc(F)ccc3Cl)cc2c(=O)[nH]1. The van der Waals surface area contributed by atoms with Gasteiger partial charge >= 0.3 is 0 Å². The maximum Gasteiger partial charge on any atom is 0.276 e. The van der Waals surface area contributed by atoms with Crippen molar-refractivity contribution in [2.75, 3.05) is 5.32 Å². The van der Waals surface area contributed by atoms with Crippen molar-refractivity contribution in [1.82, 2.24) is 14.6 Å². The van der Waals surface area contributed by atoms with E-state index in [-0.39, 0.29) is 27.5 Å². The molecule has 2 heterocycles. The number of hydrogen-bond acceptors (Lipinski definition) is 3. The van der Waals surface area contributed by atoms with Crippen molar-refractivity contribution in [3.8, 4) is 0 Å². The summed E-state index contributed by atoms with van der Waals surface area (Å²) in [4.78, 5) is 26.5. The van der Waals surface area contributed by atoms with Gasteiger partial charge in [-0.25, -0.2) is 8.91 Å². The van der Waals surface area contributed by atoms with Crippen LogP contribution in [0.3, 0.4) is 0 Å². The van der Waals surface area contributed by atoms with Gasteiger partial charge < -0.3 is 10.3 Å². The molecule has 1 amide bonds. The molecule has 112 valence electrons. The summed E-state index contributed by atoms with van der Waals surface area (Å²) in [6.07, 6.45) is 1.59. The van der Waals surface area contributed by atoms with Crippen LogP contribution in [0.25, 0.3) is 5.52 Å². The van der Waals surface area contributed by atoms with E-state index in [4.69, 9.17) is 11.6 Å². The second kappa shape index (κ2) is 5.27. The van der Waals surface area contributed by atoms with E-state index >= 15 is 0 Å². The second-order valence-corrected chi connectivity index (χ2v) is 5.11. The van der Waals surface area contributed by atoms with Gasteiger partial charge in [0.25, 0.3) is 11.5 Å². The minimum atomic E-state index is -0.590. The van der Waals surface area contributed by atoms with Gasteiger partial charge in [-0.15, -0.1) is 0 Å². The van der Waals surface area contributed by atoms with Crippen LogP contribution in [0, 0.1) is 12.7 Å². The number of nitrogens with zero attached hydrogens (tertiary/aromatic N) is 2. The molecule has 0 spiro atoms. The zero-order valence-electron chi connectivity index (χ0n) is 11.4. The molecule has 0 fully saturated rings. The molecule has 1 aromatic carbocycles. The Kier molecular flexibility index (Phi) is 3.42. The quantitative estimate of drug-likeness (QED) is 0.761. The highest BCUT2D eigenvalue weighted by Crippen LogP contribution is 2.22. The van der Waals surface area contributed by atoms with Gasteiger partial charge in [-0.2, -0.15) is 5.10 Å². The maximum atomic E-state index is 13.2. The maximum absolute atomic E-state index is 13.2. The Bertz CT molecular complexity index is 948. The van der Waals surface area contributed by atoms with Crippen LogP contribution < -0.4 is 10.9 Å². The van der Waals surface area contributed by atoms with E-state index in [1.165, 1.54) is 22.7 Å². The molecule has 3 aromatic rings. The summed E-state index contributed by atoms with van der Waals surface area (Å²) >= 11 is 5.89. The van der Waals surface area contributed by atoms with Crippen LogP contribution in [0.15, 0.2) is 35.3 Å². The van der Waals surface area contributed by atoms with Gasteiger partial charge in [0.2, 0.25) is 0 Å². The van der Waals surface area contributed by atoms with Crippen molar-refractivity contribution in [3.05, 3.63) is 63.0 Å². The smallest absolute Gasteiger partial charge is 0.276 e. The van der Waals surface area contributed by atoms with E-state index in [9.17, 15) is 14.0 Å². The van der Waals surface area contributed by atoms with Gasteiger partial charge in [0.05, 0.1) is 10.7 Å².